The van der Waals surface area contributed by atoms with Crippen LogP contribution in [0.4, 0.5) is 21.0 Å². The lowest BCUT2D eigenvalue weighted by Gasteiger charge is -2.39. The Morgan fingerprint density at radius 1 is 0.694 bits per heavy atom. The van der Waals surface area contributed by atoms with Crippen LogP contribution in [0, 0.1) is 0 Å². The number of fused-ring (bicyclic) bond motifs is 1. The molecule has 72 heavy (non-hydrogen) atoms. The monoisotopic (exact) mass is 1030 g/mol. The fourth-order valence-electron chi connectivity index (χ4n) is 8.79. The van der Waals surface area contributed by atoms with E-state index in [9.17, 15) is 47.9 Å². The molecule has 386 valence electrons. The highest BCUT2D eigenvalue weighted by molar-refractivity contribution is 8.00. The summed E-state index contributed by atoms with van der Waals surface area (Å²) in [5.41, 5.74) is 1.81. The van der Waals surface area contributed by atoms with Crippen molar-refractivity contribution in [1.82, 2.24) is 60.6 Å². The number of aromatic nitrogens is 2. The van der Waals surface area contributed by atoms with Crippen LogP contribution in [-0.4, -0.2) is 199 Å². The van der Waals surface area contributed by atoms with Gasteiger partial charge in [0, 0.05) is 112 Å². The van der Waals surface area contributed by atoms with Crippen molar-refractivity contribution >= 4 is 99.8 Å². The van der Waals surface area contributed by atoms with E-state index in [4.69, 9.17) is 12.2 Å². The van der Waals surface area contributed by atoms with E-state index in [1.807, 2.05) is 11.8 Å². The summed E-state index contributed by atoms with van der Waals surface area (Å²) in [6, 6.07) is 6.74. The first-order valence-electron chi connectivity index (χ1n) is 24.1. The predicted molar refractivity (Wildman–Crippen MR) is 266 cm³/mol. The average Bonchev–Trinajstić information content (AvgIpc) is 4.19. The van der Waals surface area contributed by atoms with Crippen molar-refractivity contribution in [1.29, 1.82) is 0 Å². The van der Waals surface area contributed by atoms with E-state index in [-0.39, 0.29) is 138 Å². The largest absolute Gasteiger partial charge is 0.347 e. The number of imidazole rings is 1. The molecule has 7 rings (SSSR count). The number of nitrogens with zero attached hydrogens (tertiary/aromatic N) is 7. The van der Waals surface area contributed by atoms with E-state index < -0.39 is 23.8 Å². The van der Waals surface area contributed by atoms with Gasteiger partial charge in [-0.25, -0.2) is 14.6 Å². The molecule has 4 saturated heterocycles. The third kappa shape index (κ3) is 14.5. The first-order valence-corrected chi connectivity index (χ1v) is 25.5. The molecule has 0 aliphatic carbocycles. The number of unbranched alkanes of at least 4 members (excludes halogenated alkanes) is 3. The van der Waals surface area contributed by atoms with Gasteiger partial charge in [-0.2, -0.15) is 11.8 Å². The number of imide groups is 1. The number of carbonyl (C=O) groups excluding carboxylic acids is 10. The number of nitrogens with one attached hydrogen (secondary N) is 7. The Kier molecular flexibility index (Phi) is 18.6. The maximum Gasteiger partial charge on any atom is 0.326 e. The van der Waals surface area contributed by atoms with Crippen LogP contribution in [-0.2, 0) is 44.9 Å². The molecule has 26 heteroatoms. The Morgan fingerprint density at radius 2 is 1.29 bits per heavy atom. The number of anilines is 2. The number of benzene rings is 1. The lowest BCUT2D eigenvalue weighted by Crippen LogP contribution is -2.59. The van der Waals surface area contributed by atoms with Crippen LogP contribution in [0.5, 0.6) is 0 Å². The fraction of sp³-hybridized carbons (Fsp3) is 0.522. The molecule has 0 bridgehead atoms. The second kappa shape index (κ2) is 25.3. The molecule has 0 radical (unpaired) electrons. The molecule has 0 spiro atoms. The minimum absolute atomic E-state index is 0.0685. The Balaban J connectivity index is 0.774. The van der Waals surface area contributed by atoms with Gasteiger partial charge in [0.2, 0.25) is 23.6 Å². The molecule has 12 amide bonds. The van der Waals surface area contributed by atoms with E-state index in [0.717, 1.165) is 29.9 Å². The molecular weight excluding hydrogens is 973 g/mol. The topological polar surface area (TPSA) is 291 Å². The summed E-state index contributed by atoms with van der Waals surface area (Å²) in [7, 11) is 0. The summed E-state index contributed by atoms with van der Waals surface area (Å²) < 4.78 is 0. The van der Waals surface area contributed by atoms with Gasteiger partial charge < -0.3 is 56.5 Å². The molecule has 0 saturated carbocycles. The quantitative estimate of drug-likeness (QED) is 0.0319. The number of piperazine rings is 2. The molecule has 0 unspecified atom stereocenters. The summed E-state index contributed by atoms with van der Waals surface area (Å²) in [6.45, 7) is 0.680. The summed E-state index contributed by atoms with van der Waals surface area (Å²) >= 11 is 7.59. The van der Waals surface area contributed by atoms with E-state index in [1.165, 1.54) is 38.1 Å². The van der Waals surface area contributed by atoms with Gasteiger partial charge >= 0.3 is 23.9 Å². The molecule has 6 heterocycles. The Bertz CT molecular complexity index is 2370. The van der Waals surface area contributed by atoms with E-state index in [0.29, 0.717) is 48.0 Å². The second-order valence-corrected chi connectivity index (χ2v) is 19.5. The van der Waals surface area contributed by atoms with Crippen LogP contribution in [0.2, 0.25) is 0 Å². The molecule has 3 atom stereocenters. The van der Waals surface area contributed by atoms with E-state index in [2.05, 4.69) is 41.9 Å². The number of amides is 12. The summed E-state index contributed by atoms with van der Waals surface area (Å²) in [4.78, 5) is 141. The van der Waals surface area contributed by atoms with E-state index in [1.54, 1.807) is 35.4 Å². The minimum atomic E-state index is -0.719. The Morgan fingerprint density at radius 3 is 1.94 bits per heavy atom. The molecule has 7 N–H and O–H groups in total. The third-order valence-electron chi connectivity index (χ3n) is 12.9. The molecule has 4 fully saturated rings. The van der Waals surface area contributed by atoms with Gasteiger partial charge in [-0.05, 0) is 62.2 Å². The number of H-pyrrole nitrogens is 1. The van der Waals surface area contributed by atoms with Gasteiger partial charge in [0.25, 0.3) is 11.8 Å². The normalized spacial score (nSPS) is 19.4. The van der Waals surface area contributed by atoms with Gasteiger partial charge in [0.15, 0.2) is 5.11 Å². The number of rotatable bonds is 19. The number of hydrogen-bond donors (Lipinski definition) is 7. The number of hydrogen-bond acceptors (Lipinski definition) is 13. The molecule has 1 aromatic heterocycles. The predicted octanol–water partition coefficient (Wildman–Crippen LogP) is -0.0742. The zero-order valence-corrected chi connectivity index (χ0v) is 41.4. The summed E-state index contributed by atoms with van der Waals surface area (Å²) in [5, 5.41) is 17.4. The smallest absolute Gasteiger partial charge is 0.326 e. The van der Waals surface area contributed by atoms with Crippen LogP contribution < -0.4 is 31.9 Å². The Hall–Kier alpha value is -7.09. The van der Waals surface area contributed by atoms with Crippen molar-refractivity contribution in [2.24, 2.45) is 0 Å². The van der Waals surface area contributed by atoms with Crippen LogP contribution in [0.25, 0.3) is 0 Å². The maximum absolute atomic E-state index is 14.0. The van der Waals surface area contributed by atoms with Gasteiger partial charge in [0.1, 0.15) is 0 Å². The van der Waals surface area contributed by atoms with Gasteiger partial charge in [-0.3, -0.25) is 48.2 Å². The lowest BCUT2D eigenvalue weighted by atomic mass is 10.0. The number of thioether (sulfide) groups is 1. The molecule has 5 aliphatic rings. The van der Waals surface area contributed by atoms with Crippen LogP contribution in [0.15, 0.2) is 48.9 Å². The van der Waals surface area contributed by atoms with Crippen molar-refractivity contribution in [2.45, 2.75) is 75.2 Å². The zero-order valence-electron chi connectivity index (χ0n) is 39.7. The second-order valence-electron chi connectivity index (χ2n) is 17.8. The van der Waals surface area contributed by atoms with Crippen molar-refractivity contribution in [3.63, 3.8) is 0 Å². The molecular formula is C46H60N14O10S2. The molecule has 1 aromatic carbocycles. The van der Waals surface area contributed by atoms with Crippen LogP contribution >= 0.6 is 24.0 Å². The number of urea groups is 2. The highest BCUT2D eigenvalue weighted by Gasteiger charge is 2.42. The maximum atomic E-state index is 14.0. The molecule has 2 aromatic rings. The number of carbonyl (C=O) groups is 10. The number of thiocarbonyl (C=S) groups is 1. The van der Waals surface area contributed by atoms with Crippen molar-refractivity contribution < 1.29 is 47.9 Å². The first-order chi connectivity index (χ1) is 34.7. The lowest BCUT2D eigenvalue weighted by molar-refractivity contribution is -0.154. The third-order valence-corrected chi connectivity index (χ3v) is 14.7. The van der Waals surface area contributed by atoms with Crippen LogP contribution in [0.3, 0.4) is 0 Å². The zero-order chi connectivity index (χ0) is 51.1. The average molecular weight is 1030 g/mol. The first kappa shape index (κ1) is 52.7. The van der Waals surface area contributed by atoms with Gasteiger partial charge in [-0.15, -0.1) is 0 Å². The number of aromatic amines is 1. The SMILES string of the molecule is O=C(CCCCCN1C(=O)C=CC1=O)NCC(=O)NCC(=O)N1CCN(C(=O)C(=O)N2CCN(C(=O)N(Cc3cnc[nH]3)C(=S)Nc3ccc(NC(=O)CCCC[C@@H]4SC[C@@H]5NC(=O)N[C@@H]54)cc3)CC2)CC1. The van der Waals surface area contributed by atoms with Crippen LogP contribution in [0.1, 0.15) is 57.1 Å². The summed E-state index contributed by atoms with van der Waals surface area (Å²) in [6.07, 6.45) is 10.2. The van der Waals surface area contributed by atoms with Gasteiger partial charge in [-0.1, -0.05) is 12.8 Å². The highest BCUT2D eigenvalue weighted by atomic mass is 32.2. The Labute approximate surface area is 425 Å². The van der Waals surface area contributed by atoms with Crippen molar-refractivity contribution in [2.75, 3.05) is 88.4 Å². The van der Waals surface area contributed by atoms with E-state index >= 15 is 0 Å². The van der Waals surface area contributed by atoms with Crippen molar-refractivity contribution in [3.8, 4) is 0 Å². The molecule has 5 aliphatic heterocycles. The molecule has 24 nitrogen and oxygen atoms in total. The standard InChI is InChI=1S/C46H60N14O10S2/c61-35(7-2-1-5-15-59-38(64)13-14-39(59)65)48-25-37(63)49-26-40(66)55-16-18-56(19-17-55)42(67)43(68)57-20-22-58(23-21-57)46(70)60(27-32-24-47-29-50-32)45(71)52-31-11-9-30(10-12-31)51-36(62)8-4-3-6-34-41-33(28-72-34)53-44(69)54-41/h9-14,24,29,33-34,41H,1-8,15-23,25-28H2,(H,47,50)(H,48,61)(H,49,63)(H,51,62)(H,52,71)(H2,53,54,69)/t33-,34-,41-/m0/s1. The van der Waals surface area contributed by atoms with Gasteiger partial charge in [0.05, 0.1) is 43.7 Å². The van der Waals surface area contributed by atoms with Crippen molar-refractivity contribution in [3.05, 3.63) is 54.6 Å². The fourth-order valence-corrected chi connectivity index (χ4v) is 10.6. The summed E-state index contributed by atoms with van der Waals surface area (Å²) in [5.74, 6) is -2.63. The minimum Gasteiger partial charge on any atom is -0.347 e. The highest BCUT2D eigenvalue weighted by Crippen LogP contribution is 2.33.